The summed E-state index contributed by atoms with van der Waals surface area (Å²) in [4.78, 5) is 27.2. The maximum absolute atomic E-state index is 12.0. The van der Waals surface area contributed by atoms with Crippen molar-refractivity contribution < 1.29 is 19.4 Å². The number of hydrogen-bond acceptors (Lipinski definition) is 5. The molecule has 2 heterocycles. The van der Waals surface area contributed by atoms with E-state index in [0.717, 1.165) is 0 Å². The Kier molecular flexibility index (Phi) is 3.39. The van der Waals surface area contributed by atoms with Gasteiger partial charge in [-0.05, 0) is 19.1 Å². The molecule has 4 N–H and O–H groups in total. The van der Waals surface area contributed by atoms with Crippen LogP contribution in [0.1, 0.15) is 17.4 Å². The van der Waals surface area contributed by atoms with Crippen LogP contribution in [0.3, 0.4) is 0 Å². The molecule has 1 saturated heterocycles. The van der Waals surface area contributed by atoms with Crippen molar-refractivity contribution in [3.8, 4) is 0 Å². The minimum atomic E-state index is -1.14. The van der Waals surface area contributed by atoms with Gasteiger partial charge in [-0.2, -0.15) is 0 Å². The number of carbonyl (C=O) groups excluding carboxylic acids is 1. The monoisotopic (exact) mass is 265 g/mol. The van der Waals surface area contributed by atoms with Crippen LogP contribution in [0, 0.1) is 5.41 Å². The molecule has 0 aromatic carbocycles. The fourth-order valence-corrected chi connectivity index (χ4v) is 1.92. The number of nitrogens with one attached hydrogen (secondary N) is 1. The first kappa shape index (κ1) is 13.3. The van der Waals surface area contributed by atoms with E-state index in [0.29, 0.717) is 0 Å². The second-order valence-electron chi connectivity index (χ2n) is 4.71. The Balaban J connectivity index is 2.16. The second kappa shape index (κ2) is 4.85. The number of hydrogen-bond donors (Lipinski definition) is 3. The zero-order valence-corrected chi connectivity index (χ0v) is 10.4. The number of rotatable bonds is 3. The van der Waals surface area contributed by atoms with Gasteiger partial charge in [-0.1, -0.05) is 0 Å². The van der Waals surface area contributed by atoms with Gasteiger partial charge in [0.15, 0.2) is 5.69 Å². The maximum atomic E-state index is 12.0. The molecule has 0 aliphatic carbocycles. The number of carboxylic acid groups (broad SMARTS) is 1. The van der Waals surface area contributed by atoms with Crippen molar-refractivity contribution in [3.05, 3.63) is 24.0 Å². The molecule has 1 amide bonds. The molecular weight excluding hydrogens is 250 g/mol. The molecule has 2 atom stereocenters. The number of amides is 1. The molecule has 2 rings (SSSR count). The number of aliphatic carboxylic acids is 1. The lowest BCUT2D eigenvalue weighted by atomic mass is 9.85. The van der Waals surface area contributed by atoms with Gasteiger partial charge < -0.3 is 20.9 Å². The van der Waals surface area contributed by atoms with Crippen LogP contribution >= 0.6 is 0 Å². The van der Waals surface area contributed by atoms with E-state index in [1.54, 1.807) is 12.1 Å². The lowest BCUT2D eigenvalue weighted by Crippen LogP contribution is -2.49. The topological polar surface area (TPSA) is 115 Å². The van der Waals surface area contributed by atoms with Crippen molar-refractivity contribution >= 4 is 17.6 Å². The first-order valence-corrected chi connectivity index (χ1v) is 5.77. The number of aromatic nitrogens is 1. The van der Waals surface area contributed by atoms with Crippen LogP contribution in [0.25, 0.3) is 0 Å². The molecule has 2 unspecified atom stereocenters. The van der Waals surface area contributed by atoms with Crippen molar-refractivity contribution in [2.75, 3.05) is 18.9 Å². The molecule has 7 heteroatoms. The van der Waals surface area contributed by atoms with Crippen LogP contribution in [0.4, 0.5) is 5.69 Å². The molecular formula is C12H15N3O4. The van der Waals surface area contributed by atoms with Gasteiger partial charge in [0, 0.05) is 6.20 Å². The zero-order valence-electron chi connectivity index (χ0n) is 10.4. The average Bonchev–Trinajstić information content (AvgIpc) is 2.73. The minimum absolute atomic E-state index is 0.0605. The van der Waals surface area contributed by atoms with Gasteiger partial charge in [-0.15, -0.1) is 0 Å². The Bertz CT molecular complexity index is 519. The number of nitrogens with zero attached hydrogens (tertiary/aromatic N) is 1. The number of ether oxygens (including phenoxy) is 1. The van der Waals surface area contributed by atoms with Crippen LogP contribution in [0.5, 0.6) is 0 Å². The van der Waals surface area contributed by atoms with Crippen molar-refractivity contribution in [1.29, 1.82) is 0 Å². The van der Waals surface area contributed by atoms with E-state index in [1.165, 1.54) is 13.1 Å². The van der Waals surface area contributed by atoms with E-state index in [4.69, 9.17) is 10.5 Å². The normalized spacial score (nSPS) is 26.1. The highest BCUT2D eigenvalue weighted by molar-refractivity contribution is 5.97. The second-order valence-corrected chi connectivity index (χ2v) is 4.71. The Morgan fingerprint density at radius 3 is 3.00 bits per heavy atom. The van der Waals surface area contributed by atoms with Crippen molar-refractivity contribution in [3.63, 3.8) is 0 Å². The summed E-state index contributed by atoms with van der Waals surface area (Å²) in [5.74, 6) is -1.51. The average molecular weight is 265 g/mol. The van der Waals surface area contributed by atoms with Crippen LogP contribution in [-0.2, 0) is 9.53 Å². The Morgan fingerprint density at radius 1 is 1.63 bits per heavy atom. The van der Waals surface area contributed by atoms with Crippen LogP contribution < -0.4 is 11.1 Å². The van der Waals surface area contributed by atoms with Gasteiger partial charge in [-0.3, -0.25) is 9.59 Å². The van der Waals surface area contributed by atoms with E-state index in [-0.39, 0.29) is 24.6 Å². The van der Waals surface area contributed by atoms with Gasteiger partial charge in [0.05, 0.1) is 24.9 Å². The summed E-state index contributed by atoms with van der Waals surface area (Å²) in [6.45, 7) is 1.75. The number of carboxylic acids is 1. The molecule has 1 fully saturated rings. The number of nitrogens with two attached hydrogens (primary N) is 1. The maximum Gasteiger partial charge on any atom is 0.313 e. The summed E-state index contributed by atoms with van der Waals surface area (Å²) in [5, 5.41) is 11.8. The predicted molar refractivity (Wildman–Crippen MR) is 66.5 cm³/mol. The van der Waals surface area contributed by atoms with E-state index >= 15 is 0 Å². The largest absolute Gasteiger partial charge is 0.481 e. The smallest absolute Gasteiger partial charge is 0.313 e. The highest BCUT2D eigenvalue weighted by atomic mass is 16.5. The molecule has 1 aromatic rings. The molecule has 19 heavy (non-hydrogen) atoms. The summed E-state index contributed by atoms with van der Waals surface area (Å²) >= 11 is 0. The van der Waals surface area contributed by atoms with Gasteiger partial charge in [0.1, 0.15) is 5.41 Å². The van der Waals surface area contributed by atoms with Gasteiger partial charge in [0.2, 0.25) is 0 Å². The molecule has 7 nitrogen and oxygen atoms in total. The summed E-state index contributed by atoms with van der Waals surface area (Å²) in [6.07, 6.45) is 1.45. The molecule has 1 aliphatic heterocycles. The lowest BCUT2D eigenvalue weighted by Gasteiger charge is -2.25. The number of pyridine rings is 1. The van der Waals surface area contributed by atoms with E-state index < -0.39 is 23.3 Å². The van der Waals surface area contributed by atoms with Crippen LogP contribution in [0.15, 0.2) is 18.3 Å². The molecule has 0 saturated carbocycles. The minimum Gasteiger partial charge on any atom is -0.481 e. The first-order valence-electron chi connectivity index (χ1n) is 5.77. The van der Waals surface area contributed by atoms with Crippen molar-refractivity contribution in [1.82, 2.24) is 10.3 Å². The molecule has 1 aromatic heterocycles. The van der Waals surface area contributed by atoms with Crippen LogP contribution in [-0.4, -0.2) is 41.2 Å². The third-order valence-electron chi connectivity index (χ3n) is 3.30. The van der Waals surface area contributed by atoms with Crippen molar-refractivity contribution in [2.24, 2.45) is 5.41 Å². The summed E-state index contributed by atoms with van der Waals surface area (Å²) in [6, 6.07) is 2.56. The first-order chi connectivity index (χ1) is 8.95. The zero-order chi connectivity index (χ0) is 14.0. The molecule has 1 aliphatic rings. The summed E-state index contributed by atoms with van der Waals surface area (Å²) in [7, 11) is 0. The highest BCUT2D eigenvalue weighted by Crippen LogP contribution is 2.29. The highest BCUT2D eigenvalue weighted by Gasteiger charge is 2.47. The standard InChI is InChI=1S/C12H15N3O4/c1-12(11(17)18)6-19-5-8(12)15-10(16)9-7(13)3-2-4-14-9/h2-4,8H,5-6,13H2,1H3,(H,15,16)(H,17,18). The van der Waals surface area contributed by atoms with E-state index in [1.807, 2.05) is 0 Å². The molecule has 0 spiro atoms. The summed E-state index contributed by atoms with van der Waals surface area (Å²) < 4.78 is 5.15. The summed E-state index contributed by atoms with van der Waals surface area (Å²) in [5.41, 5.74) is 4.84. The van der Waals surface area contributed by atoms with Crippen molar-refractivity contribution in [2.45, 2.75) is 13.0 Å². The Labute approximate surface area is 109 Å². The quantitative estimate of drug-likeness (QED) is 0.702. The van der Waals surface area contributed by atoms with E-state index in [2.05, 4.69) is 10.3 Å². The SMILES string of the molecule is CC1(C(=O)O)COCC1NC(=O)c1ncccc1N. The van der Waals surface area contributed by atoms with Gasteiger partial charge in [0.25, 0.3) is 5.91 Å². The third-order valence-corrected chi connectivity index (χ3v) is 3.30. The van der Waals surface area contributed by atoms with Crippen LogP contribution in [0.2, 0.25) is 0 Å². The number of nitrogen functional groups attached to an aromatic ring is 1. The Hall–Kier alpha value is -2.15. The molecule has 0 bridgehead atoms. The fourth-order valence-electron chi connectivity index (χ4n) is 1.92. The fraction of sp³-hybridized carbons (Fsp3) is 0.417. The van der Waals surface area contributed by atoms with Gasteiger partial charge in [-0.25, -0.2) is 4.98 Å². The van der Waals surface area contributed by atoms with E-state index in [9.17, 15) is 14.7 Å². The Morgan fingerprint density at radius 2 is 2.37 bits per heavy atom. The number of carbonyl (C=O) groups is 2. The molecule has 0 radical (unpaired) electrons. The molecule has 102 valence electrons. The van der Waals surface area contributed by atoms with Gasteiger partial charge >= 0.3 is 5.97 Å². The predicted octanol–water partition coefficient (Wildman–Crippen LogP) is -0.117. The lowest BCUT2D eigenvalue weighted by molar-refractivity contribution is -0.148. The number of anilines is 1. The third kappa shape index (κ3) is 2.37.